The summed E-state index contributed by atoms with van der Waals surface area (Å²) in [7, 11) is 1.73. The molecule has 3 N–H and O–H groups in total. The molecular formula is C26H31N5O2S. The Morgan fingerprint density at radius 3 is 2.71 bits per heavy atom. The lowest BCUT2D eigenvalue weighted by atomic mass is 10.1. The zero-order chi connectivity index (χ0) is 23.5. The molecule has 3 heterocycles. The number of piperidine rings is 1. The molecule has 4 aromatic rings. The highest BCUT2D eigenvalue weighted by Crippen LogP contribution is 2.32. The third-order valence-corrected chi connectivity index (χ3v) is 7.57. The molecule has 34 heavy (non-hydrogen) atoms. The van der Waals surface area contributed by atoms with Gasteiger partial charge in [0.1, 0.15) is 6.23 Å². The quantitative estimate of drug-likeness (QED) is 0.264. The number of thiazole rings is 1. The lowest BCUT2D eigenvalue weighted by molar-refractivity contribution is 0.0951. The van der Waals surface area contributed by atoms with Crippen LogP contribution in [0.3, 0.4) is 0 Å². The number of amides is 1. The molecule has 2 aromatic heterocycles. The van der Waals surface area contributed by atoms with Crippen molar-refractivity contribution in [3.63, 3.8) is 0 Å². The molecule has 0 radical (unpaired) electrons. The van der Waals surface area contributed by atoms with E-state index < -0.39 is 6.23 Å². The van der Waals surface area contributed by atoms with E-state index in [2.05, 4.69) is 26.1 Å². The first kappa shape index (κ1) is 23.0. The molecule has 8 heteroatoms. The van der Waals surface area contributed by atoms with Crippen LogP contribution in [0.2, 0.25) is 0 Å². The zero-order valence-corrected chi connectivity index (χ0v) is 20.3. The number of hydrogen-bond donors (Lipinski definition) is 3. The second-order valence-electron chi connectivity index (χ2n) is 8.89. The number of carbonyl (C=O) groups excluding carboxylic acids is 1. The zero-order valence-electron chi connectivity index (χ0n) is 19.5. The lowest BCUT2D eigenvalue weighted by Gasteiger charge is -2.26. The Morgan fingerprint density at radius 2 is 1.94 bits per heavy atom. The van der Waals surface area contributed by atoms with E-state index in [-0.39, 0.29) is 5.91 Å². The van der Waals surface area contributed by atoms with Gasteiger partial charge in [0.05, 0.1) is 15.9 Å². The number of rotatable bonds is 8. The first-order valence-corrected chi connectivity index (χ1v) is 12.8. The van der Waals surface area contributed by atoms with Crippen LogP contribution >= 0.6 is 11.3 Å². The smallest absolute Gasteiger partial charge is 0.251 e. The van der Waals surface area contributed by atoms with Crippen molar-refractivity contribution in [3.8, 4) is 10.4 Å². The van der Waals surface area contributed by atoms with Gasteiger partial charge in [-0.05, 0) is 75.3 Å². The van der Waals surface area contributed by atoms with Crippen molar-refractivity contribution in [2.45, 2.75) is 31.9 Å². The molecule has 1 saturated heterocycles. The molecular weight excluding hydrogens is 446 g/mol. The third kappa shape index (κ3) is 4.86. The van der Waals surface area contributed by atoms with Gasteiger partial charge in [0.25, 0.3) is 5.91 Å². The van der Waals surface area contributed by atoms with Crippen LogP contribution in [0.1, 0.15) is 47.8 Å². The van der Waals surface area contributed by atoms with Gasteiger partial charge in [-0.2, -0.15) is 0 Å². The summed E-state index contributed by atoms with van der Waals surface area (Å²) in [6.07, 6.45) is 6.33. The van der Waals surface area contributed by atoms with Crippen LogP contribution in [0.25, 0.3) is 26.4 Å². The predicted molar refractivity (Wildman–Crippen MR) is 137 cm³/mol. The number of hydrogen-bond acceptors (Lipinski definition) is 6. The lowest BCUT2D eigenvalue weighted by Crippen LogP contribution is -2.33. The van der Waals surface area contributed by atoms with E-state index in [1.165, 1.54) is 32.4 Å². The van der Waals surface area contributed by atoms with E-state index in [0.717, 1.165) is 45.0 Å². The van der Waals surface area contributed by atoms with E-state index >= 15 is 0 Å². The van der Waals surface area contributed by atoms with Gasteiger partial charge < -0.3 is 15.3 Å². The van der Waals surface area contributed by atoms with Gasteiger partial charge in [0.15, 0.2) is 4.96 Å². The first-order chi connectivity index (χ1) is 16.6. The van der Waals surface area contributed by atoms with Gasteiger partial charge in [-0.3, -0.25) is 14.5 Å². The Hall–Kier alpha value is -2.78. The maximum Gasteiger partial charge on any atom is 0.251 e. The molecule has 1 atom stereocenters. The molecule has 1 amide bonds. The van der Waals surface area contributed by atoms with Gasteiger partial charge in [-0.1, -0.05) is 42.0 Å². The average Bonchev–Trinajstić information content (AvgIpc) is 3.44. The van der Waals surface area contributed by atoms with Crippen LogP contribution in [0.5, 0.6) is 0 Å². The fraction of sp³-hybridized carbons (Fsp3) is 0.385. The topological polar surface area (TPSA) is 81.9 Å². The number of carbonyl (C=O) groups is 1. The molecule has 5 rings (SSSR count). The number of benzene rings is 2. The van der Waals surface area contributed by atoms with Crippen molar-refractivity contribution in [3.05, 3.63) is 59.8 Å². The Balaban J connectivity index is 1.25. The molecule has 0 saturated carbocycles. The predicted octanol–water partition coefficient (Wildman–Crippen LogP) is 4.03. The molecule has 1 aliphatic heterocycles. The van der Waals surface area contributed by atoms with Crippen molar-refractivity contribution in [2.24, 2.45) is 0 Å². The molecule has 0 bridgehead atoms. The van der Waals surface area contributed by atoms with Crippen molar-refractivity contribution in [1.29, 1.82) is 0 Å². The summed E-state index contributed by atoms with van der Waals surface area (Å²) in [4.78, 5) is 21.9. The molecule has 2 aromatic carbocycles. The fourth-order valence-corrected chi connectivity index (χ4v) is 5.58. The summed E-state index contributed by atoms with van der Waals surface area (Å²) in [6.45, 7) is 4.13. The van der Waals surface area contributed by atoms with Crippen LogP contribution in [0.4, 0.5) is 0 Å². The van der Waals surface area contributed by atoms with Crippen LogP contribution in [-0.2, 0) is 0 Å². The van der Waals surface area contributed by atoms with Crippen molar-refractivity contribution in [1.82, 2.24) is 24.9 Å². The molecule has 1 fully saturated rings. The number of nitrogens with zero attached hydrogens (tertiary/aromatic N) is 3. The minimum Gasteiger partial charge on any atom is -0.374 e. The molecule has 0 spiro atoms. The van der Waals surface area contributed by atoms with E-state index in [1.54, 1.807) is 18.4 Å². The van der Waals surface area contributed by atoms with Crippen molar-refractivity contribution < 1.29 is 9.90 Å². The molecule has 1 aliphatic rings. The minimum absolute atomic E-state index is 0.0403. The Kier molecular flexibility index (Phi) is 6.92. The second-order valence-corrected chi connectivity index (χ2v) is 9.90. The second kappa shape index (κ2) is 10.2. The number of aromatic nitrogens is 2. The highest BCUT2D eigenvalue weighted by Gasteiger charge is 2.14. The summed E-state index contributed by atoms with van der Waals surface area (Å²) in [5.41, 5.74) is 4.37. The normalized spacial score (nSPS) is 15.7. The SMILES string of the molecule is CNC(O)c1ccc(-c2cn3c(nc4cc(C(=O)NCCCN5CCCCC5)ccc43)s2)cc1. The van der Waals surface area contributed by atoms with Crippen molar-refractivity contribution in [2.75, 3.05) is 33.2 Å². The van der Waals surface area contributed by atoms with E-state index in [0.29, 0.717) is 12.1 Å². The van der Waals surface area contributed by atoms with E-state index in [9.17, 15) is 9.90 Å². The number of fused-ring (bicyclic) bond motifs is 3. The fourth-order valence-electron chi connectivity index (χ4n) is 4.58. The summed E-state index contributed by atoms with van der Waals surface area (Å²) in [6, 6.07) is 13.6. The van der Waals surface area contributed by atoms with Gasteiger partial charge in [-0.25, -0.2) is 4.98 Å². The minimum atomic E-state index is -0.667. The summed E-state index contributed by atoms with van der Waals surface area (Å²) in [5, 5.41) is 15.8. The Labute approximate surface area is 203 Å². The first-order valence-electron chi connectivity index (χ1n) is 12.0. The maximum absolute atomic E-state index is 12.7. The standard InChI is InChI=1S/C26H31N5O2S/c1-27-24(32)19-8-6-18(7-9-19)23-17-31-22-11-10-20(16-21(22)29-26(31)34-23)25(33)28-12-5-15-30-13-3-2-4-14-30/h6-11,16-17,24,27,32H,2-5,12-15H2,1H3,(H,28,33). The van der Waals surface area contributed by atoms with Gasteiger partial charge in [-0.15, -0.1) is 0 Å². The van der Waals surface area contributed by atoms with Crippen LogP contribution in [0.15, 0.2) is 48.7 Å². The average molecular weight is 478 g/mol. The number of imidazole rings is 1. The highest BCUT2D eigenvalue weighted by atomic mass is 32.1. The van der Waals surface area contributed by atoms with Crippen LogP contribution in [-0.4, -0.2) is 58.5 Å². The Morgan fingerprint density at radius 1 is 1.15 bits per heavy atom. The van der Waals surface area contributed by atoms with Crippen LogP contribution in [0, 0.1) is 0 Å². The number of nitrogens with one attached hydrogen (secondary N) is 2. The molecule has 1 unspecified atom stereocenters. The van der Waals surface area contributed by atoms with Gasteiger partial charge in [0.2, 0.25) is 0 Å². The number of likely N-dealkylation sites (tertiary alicyclic amines) is 1. The largest absolute Gasteiger partial charge is 0.374 e. The molecule has 0 aliphatic carbocycles. The maximum atomic E-state index is 12.7. The van der Waals surface area contributed by atoms with Crippen molar-refractivity contribution >= 4 is 33.2 Å². The Bertz CT molecular complexity index is 1270. The summed E-state index contributed by atoms with van der Waals surface area (Å²) in [5.74, 6) is -0.0403. The monoisotopic (exact) mass is 477 g/mol. The van der Waals surface area contributed by atoms with Gasteiger partial charge >= 0.3 is 0 Å². The number of aliphatic hydroxyl groups excluding tert-OH is 1. The summed E-state index contributed by atoms with van der Waals surface area (Å²) < 4.78 is 2.08. The molecule has 7 nitrogen and oxygen atoms in total. The van der Waals surface area contributed by atoms with E-state index in [4.69, 9.17) is 4.98 Å². The van der Waals surface area contributed by atoms with Crippen LogP contribution < -0.4 is 10.6 Å². The van der Waals surface area contributed by atoms with E-state index in [1.807, 2.05) is 42.5 Å². The third-order valence-electron chi connectivity index (χ3n) is 6.54. The number of aliphatic hydroxyl groups is 1. The van der Waals surface area contributed by atoms with Gasteiger partial charge in [0, 0.05) is 18.3 Å². The molecule has 178 valence electrons. The highest BCUT2D eigenvalue weighted by molar-refractivity contribution is 7.20. The summed E-state index contributed by atoms with van der Waals surface area (Å²) >= 11 is 1.61.